The van der Waals surface area contributed by atoms with Crippen LogP contribution in [0.1, 0.15) is 51.1 Å². The predicted octanol–water partition coefficient (Wildman–Crippen LogP) is 2.77. The Morgan fingerprint density at radius 2 is 1.88 bits per heavy atom. The number of hydrogen-bond donors (Lipinski definition) is 1. The molecule has 1 aromatic carbocycles. The zero-order valence-corrected chi connectivity index (χ0v) is 15.2. The van der Waals surface area contributed by atoms with Crippen molar-refractivity contribution in [3.05, 3.63) is 27.8 Å². The van der Waals surface area contributed by atoms with E-state index in [1.165, 1.54) is 6.07 Å². The van der Waals surface area contributed by atoms with Gasteiger partial charge in [-0.2, -0.15) is 0 Å². The third-order valence-corrected chi connectivity index (χ3v) is 5.14. The number of carbonyl (C=O) groups is 1. The van der Waals surface area contributed by atoms with E-state index in [-0.39, 0.29) is 24.4 Å². The van der Waals surface area contributed by atoms with Gasteiger partial charge >= 0.3 is 0 Å². The van der Waals surface area contributed by atoms with Crippen LogP contribution in [0.3, 0.4) is 0 Å². The fourth-order valence-electron chi connectivity index (χ4n) is 3.77. The largest absolute Gasteiger partial charge is 0.454 e. The van der Waals surface area contributed by atoms with E-state index in [0.29, 0.717) is 30.2 Å². The Bertz CT molecular complexity index is 684. The number of nitrogens with one attached hydrogen (secondary N) is 1. The Labute approximate surface area is 152 Å². The summed E-state index contributed by atoms with van der Waals surface area (Å²) in [6.07, 6.45) is 4.12. The molecule has 0 radical (unpaired) electrons. The summed E-state index contributed by atoms with van der Waals surface area (Å²) in [5.74, 6) is 0.592. The molecule has 0 bridgehead atoms. The first-order chi connectivity index (χ1) is 12.5. The smallest absolute Gasteiger partial charge is 0.278 e. The quantitative estimate of drug-likeness (QED) is 0.591. The second kappa shape index (κ2) is 7.90. The Morgan fingerprint density at radius 3 is 2.46 bits per heavy atom. The molecule has 1 aliphatic heterocycles. The lowest BCUT2D eigenvalue weighted by molar-refractivity contribution is -0.385. The molecule has 0 spiro atoms. The van der Waals surface area contributed by atoms with Crippen molar-refractivity contribution in [1.82, 2.24) is 10.2 Å². The molecule has 0 aromatic heterocycles. The van der Waals surface area contributed by atoms with Gasteiger partial charge in [-0.3, -0.25) is 19.8 Å². The second-order valence-electron chi connectivity index (χ2n) is 6.64. The monoisotopic (exact) mass is 363 g/mol. The summed E-state index contributed by atoms with van der Waals surface area (Å²) in [7, 11) is 0. The maximum absolute atomic E-state index is 13.1. The van der Waals surface area contributed by atoms with Gasteiger partial charge in [-0.25, -0.2) is 0 Å². The van der Waals surface area contributed by atoms with E-state index in [9.17, 15) is 14.9 Å². The molecule has 1 saturated carbocycles. The topological polar surface area (TPSA) is 93.9 Å². The molecule has 1 atom stereocenters. The summed E-state index contributed by atoms with van der Waals surface area (Å²) in [4.78, 5) is 26.2. The van der Waals surface area contributed by atoms with Crippen LogP contribution in [0, 0.1) is 10.1 Å². The van der Waals surface area contributed by atoms with Gasteiger partial charge in [0.1, 0.15) is 6.04 Å². The van der Waals surface area contributed by atoms with Crippen LogP contribution in [0.15, 0.2) is 12.1 Å². The normalized spacial score (nSPS) is 17.5. The highest BCUT2D eigenvalue weighted by atomic mass is 16.7. The third kappa shape index (κ3) is 3.60. The van der Waals surface area contributed by atoms with E-state index in [4.69, 9.17) is 9.47 Å². The number of nitro benzene ring substituents is 1. The number of amides is 1. The highest BCUT2D eigenvalue weighted by Crippen LogP contribution is 2.41. The third-order valence-electron chi connectivity index (χ3n) is 5.14. The first-order valence-electron chi connectivity index (χ1n) is 9.17. The molecule has 3 rings (SSSR count). The van der Waals surface area contributed by atoms with Gasteiger partial charge in [0.25, 0.3) is 5.69 Å². The molecular formula is C18H25N3O5. The molecule has 8 heteroatoms. The molecule has 1 aliphatic carbocycles. The first-order valence-corrected chi connectivity index (χ1v) is 9.17. The van der Waals surface area contributed by atoms with Gasteiger partial charge in [-0.1, -0.05) is 26.7 Å². The standard InChI is InChI=1S/C18H25N3O5/c1-3-20(4-2)17(18(22)19-12-7-5-6-8-12)13-9-15-16(26-11-25-15)10-14(13)21(23)24/h9-10,12,17H,3-8,11H2,1-2H3,(H,19,22)/t17-/m1/s1. The number of nitrogens with zero attached hydrogens (tertiary/aromatic N) is 2. The molecule has 2 aliphatic rings. The molecule has 0 saturated heterocycles. The molecule has 1 amide bonds. The number of ether oxygens (including phenoxy) is 2. The average molecular weight is 363 g/mol. The SMILES string of the molecule is CCN(CC)[C@@H](C(=O)NC1CCCC1)c1cc2c(cc1[N+](=O)[O-])OCO2. The molecule has 26 heavy (non-hydrogen) atoms. The van der Waals surface area contributed by atoms with Crippen LogP contribution in [-0.2, 0) is 4.79 Å². The molecule has 0 unspecified atom stereocenters. The highest BCUT2D eigenvalue weighted by molar-refractivity contribution is 5.85. The van der Waals surface area contributed by atoms with Crippen LogP contribution >= 0.6 is 0 Å². The van der Waals surface area contributed by atoms with E-state index >= 15 is 0 Å². The number of nitro groups is 1. The van der Waals surface area contributed by atoms with Gasteiger partial charge in [0.2, 0.25) is 12.7 Å². The van der Waals surface area contributed by atoms with Gasteiger partial charge in [-0.05, 0) is 32.0 Å². The summed E-state index contributed by atoms with van der Waals surface area (Å²) in [5, 5.41) is 14.7. The van der Waals surface area contributed by atoms with E-state index in [1.54, 1.807) is 6.07 Å². The first kappa shape index (κ1) is 18.4. The van der Waals surface area contributed by atoms with Gasteiger partial charge < -0.3 is 14.8 Å². The van der Waals surface area contributed by atoms with Gasteiger partial charge in [-0.15, -0.1) is 0 Å². The van der Waals surface area contributed by atoms with E-state index in [2.05, 4.69) is 5.32 Å². The van der Waals surface area contributed by atoms with Crippen molar-refractivity contribution in [2.24, 2.45) is 0 Å². The van der Waals surface area contributed by atoms with Gasteiger partial charge in [0.15, 0.2) is 11.5 Å². The minimum atomic E-state index is -0.736. The lowest BCUT2D eigenvalue weighted by atomic mass is 10.0. The van der Waals surface area contributed by atoms with Gasteiger partial charge in [0.05, 0.1) is 16.6 Å². The molecule has 1 fully saturated rings. The van der Waals surface area contributed by atoms with Crippen molar-refractivity contribution in [3.8, 4) is 11.5 Å². The predicted molar refractivity (Wildman–Crippen MR) is 95.3 cm³/mol. The number of rotatable bonds is 7. The zero-order chi connectivity index (χ0) is 18.7. The summed E-state index contributed by atoms with van der Waals surface area (Å²) in [6.45, 7) is 5.12. The number of fused-ring (bicyclic) bond motifs is 1. The minimum absolute atomic E-state index is 0.0279. The minimum Gasteiger partial charge on any atom is -0.454 e. The van der Waals surface area contributed by atoms with E-state index in [0.717, 1.165) is 25.7 Å². The summed E-state index contributed by atoms with van der Waals surface area (Å²) in [6, 6.07) is 2.35. The maximum atomic E-state index is 13.1. The van der Waals surface area contributed by atoms with Crippen LogP contribution in [0.25, 0.3) is 0 Å². The number of carbonyl (C=O) groups excluding carboxylic acids is 1. The molecular weight excluding hydrogens is 338 g/mol. The van der Waals surface area contributed by atoms with Crippen molar-refractivity contribution in [2.75, 3.05) is 19.9 Å². The van der Waals surface area contributed by atoms with E-state index in [1.807, 2.05) is 18.7 Å². The lowest BCUT2D eigenvalue weighted by Gasteiger charge is -2.30. The molecule has 8 nitrogen and oxygen atoms in total. The van der Waals surface area contributed by atoms with Crippen LogP contribution in [-0.4, -0.2) is 41.7 Å². The molecule has 142 valence electrons. The molecule has 1 N–H and O–H groups in total. The van der Waals surface area contributed by atoms with Crippen molar-refractivity contribution in [2.45, 2.75) is 51.6 Å². The molecule has 1 heterocycles. The van der Waals surface area contributed by atoms with Crippen LogP contribution in [0.5, 0.6) is 11.5 Å². The number of hydrogen-bond acceptors (Lipinski definition) is 6. The summed E-state index contributed by atoms with van der Waals surface area (Å²) in [5.41, 5.74) is 0.228. The number of likely N-dealkylation sites (N-methyl/N-ethyl adjacent to an activating group) is 1. The zero-order valence-electron chi connectivity index (χ0n) is 15.2. The Morgan fingerprint density at radius 1 is 1.27 bits per heavy atom. The second-order valence-corrected chi connectivity index (χ2v) is 6.64. The molecule has 1 aromatic rings. The van der Waals surface area contributed by atoms with Gasteiger partial charge in [0, 0.05) is 6.04 Å². The fraction of sp³-hybridized carbons (Fsp3) is 0.611. The van der Waals surface area contributed by atoms with E-state index < -0.39 is 11.0 Å². The number of benzene rings is 1. The van der Waals surface area contributed by atoms with Crippen LogP contribution in [0.4, 0.5) is 5.69 Å². The van der Waals surface area contributed by atoms with Crippen LogP contribution in [0.2, 0.25) is 0 Å². The van der Waals surface area contributed by atoms with Crippen LogP contribution < -0.4 is 14.8 Å². The van der Waals surface area contributed by atoms with Crippen molar-refractivity contribution in [1.29, 1.82) is 0 Å². The Hall–Kier alpha value is -2.35. The summed E-state index contributed by atoms with van der Waals surface area (Å²) < 4.78 is 10.7. The Balaban J connectivity index is 2.00. The Kier molecular flexibility index (Phi) is 5.61. The lowest BCUT2D eigenvalue weighted by Crippen LogP contribution is -2.44. The highest BCUT2D eigenvalue weighted by Gasteiger charge is 2.35. The van der Waals surface area contributed by atoms with Crippen molar-refractivity contribution >= 4 is 11.6 Å². The average Bonchev–Trinajstić information content (AvgIpc) is 3.29. The fourth-order valence-corrected chi connectivity index (χ4v) is 3.77. The summed E-state index contributed by atoms with van der Waals surface area (Å²) >= 11 is 0. The van der Waals surface area contributed by atoms with Crippen molar-refractivity contribution < 1.29 is 19.2 Å². The van der Waals surface area contributed by atoms with Crippen molar-refractivity contribution in [3.63, 3.8) is 0 Å². The maximum Gasteiger partial charge on any atom is 0.278 e.